The molecule has 0 atom stereocenters. The number of rotatable bonds is 10. The number of aromatic nitrogens is 4. The van der Waals surface area contributed by atoms with Crippen LogP contribution in [0, 0.1) is 0 Å². The molecule has 174 valence electrons. The molecule has 2 N–H and O–H groups in total. The monoisotopic (exact) mass is 487 g/mol. The van der Waals surface area contributed by atoms with Crippen molar-refractivity contribution in [3.8, 4) is 5.75 Å². The van der Waals surface area contributed by atoms with Gasteiger partial charge in [-0.1, -0.05) is 37.2 Å². The molecule has 0 aliphatic rings. The molecule has 0 saturated heterocycles. The summed E-state index contributed by atoms with van der Waals surface area (Å²) in [4.78, 5) is 4.72. The van der Waals surface area contributed by atoms with Gasteiger partial charge in [0.05, 0.1) is 35.2 Å². The fraction of sp³-hybridized carbons (Fsp3) is 0.318. The van der Waals surface area contributed by atoms with Crippen LogP contribution in [-0.2, 0) is 28.7 Å². The highest BCUT2D eigenvalue weighted by molar-refractivity contribution is 7.98. The molecule has 0 saturated carbocycles. The fourth-order valence-corrected chi connectivity index (χ4v) is 4.68. The first kappa shape index (κ1) is 23.3. The maximum atomic E-state index is 11.7. The van der Waals surface area contributed by atoms with E-state index in [0.717, 1.165) is 42.0 Å². The molecule has 2 aromatic carbocycles. The summed E-state index contributed by atoms with van der Waals surface area (Å²) in [7, 11) is -2.16. The Hall–Kier alpha value is -2.89. The van der Waals surface area contributed by atoms with Gasteiger partial charge in [0.25, 0.3) is 5.22 Å². The van der Waals surface area contributed by atoms with Crippen molar-refractivity contribution in [2.75, 3.05) is 7.11 Å². The van der Waals surface area contributed by atoms with Gasteiger partial charge in [0.2, 0.25) is 15.9 Å². The van der Waals surface area contributed by atoms with Crippen molar-refractivity contribution < 1.29 is 17.6 Å². The number of nitrogens with two attached hydrogens (primary N) is 1. The Morgan fingerprint density at radius 2 is 1.94 bits per heavy atom. The molecule has 0 aliphatic carbocycles. The van der Waals surface area contributed by atoms with Gasteiger partial charge in [0, 0.05) is 6.54 Å². The van der Waals surface area contributed by atoms with Gasteiger partial charge >= 0.3 is 0 Å². The summed E-state index contributed by atoms with van der Waals surface area (Å²) in [5.74, 6) is 2.64. The number of hydrogen-bond acceptors (Lipinski definition) is 8. The number of thioether (sulfide) groups is 1. The number of ether oxygens (including phenoxy) is 1. The number of methoxy groups -OCH3 is 1. The number of imidazole rings is 1. The van der Waals surface area contributed by atoms with Crippen LogP contribution < -0.4 is 9.88 Å². The maximum absolute atomic E-state index is 11.7. The van der Waals surface area contributed by atoms with Gasteiger partial charge < -0.3 is 13.7 Å². The van der Waals surface area contributed by atoms with E-state index in [-0.39, 0.29) is 4.90 Å². The summed E-state index contributed by atoms with van der Waals surface area (Å²) < 4.78 is 36.5. The standard InChI is InChI=1S/C22H25N5O4S2/c1-3-4-11-27-19-10-9-17(33(23,28)29)13-18(19)24-20(27)14-32-22-26-25-21(31-22)12-15-5-7-16(30-2)8-6-15/h5-10,13H,3-4,11-12,14H2,1-2H3,(H2,23,28,29). The number of benzene rings is 2. The molecular weight excluding hydrogens is 462 g/mol. The van der Waals surface area contributed by atoms with Crippen LogP contribution >= 0.6 is 11.8 Å². The van der Waals surface area contributed by atoms with Crippen LogP contribution in [0.4, 0.5) is 0 Å². The second-order valence-electron chi connectivity index (χ2n) is 7.50. The highest BCUT2D eigenvalue weighted by atomic mass is 32.2. The van der Waals surface area contributed by atoms with Gasteiger partial charge in [-0.15, -0.1) is 10.2 Å². The van der Waals surface area contributed by atoms with Crippen molar-refractivity contribution >= 4 is 32.8 Å². The summed E-state index contributed by atoms with van der Waals surface area (Å²) in [6.45, 7) is 2.90. The van der Waals surface area contributed by atoms with Gasteiger partial charge in [-0.3, -0.25) is 0 Å². The lowest BCUT2D eigenvalue weighted by molar-refractivity contribution is 0.413. The lowest BCUT2D eigenvalue weighted by atomic mass is 10.1. The Labute approximate surface area is 196 Å². The summed E-state index contributed by atoms with van der Waals surface area (Å²) in [5.41, 5.74) is 2.51. The fourth-order valence-electron chi connectivity index (χ4n) is 3.42. The molecule has 2 heterocycles. The Bertz CT molecular complexity index is 1350. The molecule has 0 amide bonds. The van der Waals surface area contributed by atoms with E-state index in [1.165, 1.54) is 23.9 Å². The largest absolute Gasteiger partial charge is 0.497 e. The van der Waals surface area contributed by atoms with Crippen molar-refractivity contribution in [3.63, 3.8) is 0 Å². The molecule has 0 radical (unpaired) electrons. The first-order valence-corrected chi connectivity index (χ1v) is 13.0. The van der Waals surface area contributed by atoms with Crippen LogP contribution in [0.2, 0.25) is 0 Å². The number of nitrogens with zero attached hydrogens (tertiary/aromatic N) is 4. The number of sulfonamides is 1. The van der Waals surface area contributed by atoms with Gasteiger partial charge in [0.15, 0.2) is 0 Å². The number of unbranched alkanes of at least 4 members (excludes halogenated alkanes) is 1. The SMILES string of the molecule is CCCCn1c(CSc2nnc(Cc3ccc(OC)cc3)o2)nc2cc(S(N)(=O)=O)ccc21. The van der Waals surface area contributed by atoms with Crippen molar-refractivity contribution in [3.05, 3.63) is 59.7 Å². The van der Waals surface area contributed by atoms with E-state index < -0.39 is 10.0 Å². The van der Waals surface area contributed by atoms with E-state index in [1.54, 1.807) is 13.2 Å². The van der Waals surface area contributed by atoms with E-state index in [2.05, 4.69) is 26.7 Å². The number of hydrogen-bond donors (Lipinski definition) is 1. The predicted octanol–water partition coefficient (Wildman–Crippen LogP) is 3.76. The van der Waals surface area contributed by atoms with E-state index >= 15 is 0 Å². The predicted molar refractivity (Wildman–Crippen MR) is 126 cm³/mol. The zero-order chi connectivity index (χ0) is 23.4. The normalized spacial score (nSPS) is 11.8. The molecule has 2 aromatic heterocycles. The molecule has 0 fully saturated rings. The molecule has 0 spiro atoms. The number of aryl methyl sites for hydroxylation is 1. The van der Waals surface area contributed by atoms with Crippen LogP contribution in [0.25, 0.3) is 11.0 Å². The lowest BCUT2D eigenvalue weighted by Crippen LogP contribution is -2.11. The molecule has 33 heavy (non-hydrogen) atoms. The van der Waals surface area contributed by atoms with Gasteiger partial charge in [-0.2, -0.15) is 0 Å². The zero-order valence-corrected chi connectivity index (χ0v) is 20.0. The second kappa shape index (κ2) is 9.94. The average molecular weight is 488 g/mol. The zero-order valence-electron chi connectivity index (χ0n) is 18.4. The summed E-state index contributed by atoms with van der Waals surface area (Å²) in [6.07, 6.45) is 2.54. The van der Waals surface area contributed by atoms with Crippen LogP contribution in [-0.4, -0.2) is 35.3 Å². The Kier molecular flexibility index (Phi) is 7.01. The number of primary sulfonamides is 1. The third kappa shape index (κ3) is 5.55. The lowest BCUT2D eigenvalue weighted by Gasteiger charge is -2.07. The topological polar surface area (TPSA) is 126 Å². The molecule has 0 aliphatic heterocycles. The van der Waals surface area contributed by atoms with E-state index in [1.807, 2.05) is 24.3 Å². The van der Waals surface area contributed by atoms with Crippen LogP contribution in [0.3, 0.4) is 0 Å². The minimum Gasteiger partial charge on any atom is -0.497 e. The third-order valence-electron chi connectivity index (χ3n) is 5.15. The average Bonchev–Trinajstić information content (AvgIpc) is 3.39. The first-order chi connectivity index (χ1) is 15.9. The smallest absolute Gasteiger partial charge is 0.277 e. The van der Waals surface area contributed by atoms with E-state index in [0.29, 0.717) is 28.8 Å². The molecule has 11 heteroatoms. The van der Waals surface area contributed by atoms with Crippen LogP contribution in [0.1, 0.15) is 37.0 Å². The quantitative estimate of drug-likeness (QED) is 0.335. The molecule has 9 nitrogen and oxygen atoms in total. The van der Waals surface area contributed by atoms with Crippen molar-refractivity contribution in [2.24, 2.45) is 5.14 Å². The Balaban J connectivity index is 1.51. The minimum atomic E-state index is -3.79. The Morgan fingerprint density at radius 3 is 2.64 bits per heavy atom. The minimum absolute atomic E-state index is 0.0504. The first-order valence-electron chi connectivity index (χ1n) is 10.5. The second-order valence-corrected chi connectivity index (χ2v) is 9.99. The maximum Gasteiger partial charge on any atom is 0.277 e. The van der Waals surface area contributed by atoms with Crippen LogP contribution in [0.5, 0.6) is 5.75 Å². The van der Waals surface area contributed by atoms with E-state index in [4.69, 9.17) is 14.3 Å². The molecular formula is C22H25N5O4S2. The highest BCUT2D eigenvalue weighted by Crippen LogP contribution is 2.26. The highest BCUT2D eigenvalue weighted by Gasteiger charge is 2.16. The summed E-state index contributed by atoms with van der Waals surface area (Å²) >= 11 is 1.40. The van der Waals surface area contributed by atoms with Crippen molar-refractivity contribution in [2.45, 2.75) is 48.6 Å². The molecule has 0 unspecified atom stereocenters. The summed E-state index contributed by atoms with van der Waals surface area (Å²) in [5, 5.41) is 14.0. The van der Waals surface area contributed by atoms with Gasteiger partial charge in [-0.05, 0) is 42.3 Å². The number of fused-ring (bicyclic) bond motifs is 1. The van der Waals surface area contributed by atoms with Crippen LogP contribution in [0.15, 0.2) is 57.0 Å². The molecule has 0 bridgehead atoms. The molecule has 4 aromatic rings. The van der Waals surface area contributed by atoms with E-state index in [9.17, 15) is 8.42 Å². The Morgan fingerprint density at radius 1 is 1.15 bits per heavy atom. The van der Waals surface area contributed by atoms with Gasteiger partial charge in [-0.25, -0.2) is 18.5 Å². The van der Waals surface area contributed by atoms with Crippen molar-refractivity contribution in [1.82, 2.24) is 19.7 Å². The third-order valence-corrected chi connectivity index (χ3v) is 6.88. The molecule has 4 rings (SSSR count). The van der Waals surface area contributed by atoms with Crippen molar-refractivity contribution in [1.29, 1.82) is 0 Å². The van der Waals surface area contributed by atoms with Gasteiger partial charge in [0.1, 0.15) is 11.6 Å². The summed E-state index contributed by atoms with van der Waals surface area (Å²) in [6, 6.07) is 12.5.